The Morgan fingerprint density at radius 2 is 1.62 bits per heavy atom. The molecule has 0 aromatic heterocycles. The van der Waals surface area contributed by atoms with Crippen molar-refractivity contribution in [1.82, 2.24) is 0 Å². The standard InChI is InChI=1S/C11H30O2Si3/c1-9-11(12-15(5)6)16(7,8)13-10(2)14(3)4/h10-11,14-15H,9H2,1-8H3. The minimum atomic E-state index is -1.67. The van der Waals surface area contributed by atoms with Gasteiger partial charge in [-0.15, -0.1) is 0 Å². The monoisotopic (exact) mass is 278 g/mol. The first-order valence-corrected chi connectivity index (χ1v) is 15.3. The van der Waals surface area contributed by atoms with Gasteiger partial charge in [-0.25, -0.2) is 0 Å². The van der Waals surface area contributed by atoms with E-state index < -0.39 is 26.2 Å². The van der Waals surface area contributed by atoms with E-state index in [4.69, 9.17) is 8.85 Å². The van der Waals surface area contributed by atoms with Crippen molar-refractivity contribution < 1.29 is 8.85 Å². The van der Waals surface area contributed by atoms with Gasteiger partial charge in [0.2, 0.25) is 8.32 Å². The van der Waals surface area contributed by atoms with Crippen molar-refractivity contribution >= 4 is 26.2 Å². The highest BCUT2D eigenvalue weighted by atomic mass is 28.4. The quantitative estimate of drug-likeness (QED) is 0.667. The molecule has 98 valence electrons. The highest BCUT2D eigenvalue weighted by molar-refractivity contribution is 6.74. The summed E-state index contributed by atoms with van der Waals surface area (Å²) in [5, 5.41) is 0. The van der Waals surface area contributed by atoms with Crippen molar-refractivity contribution in [3.63, 3.8) is 0 Å². The van der Waals surface area contributed by atoms with E-state index >= 15 is 0 Å². The first kappa shape index (κ1) is 16.6. The summed E-state index contributed by atoms with van der Waals surface area (Å²) in [6.07, 6.45) is 1.09. The summed E-state index contributed by atoms with van der Waals surface area (Å²) in [6, 6.07) is 0. The summed E-state index contributed by atoms with van der Waals surface area (Å²) in [4.78, 5) is 0. The molecule has 0 aromatic rings. The zero-order chi connectivity index (χ0) is 12.9. The van der Waals surface area contributed by atoms with Gasteiger partial charge in [-0.2, -0.15) is 0 Å². The van der Waals surface area contributed by atoms with Gasteiger partial charge in [0.05, 0.1) is 14.5 Å². The molecule has 0 aliphatic rings. The highest BCUT2D eigenvalue weighted by Crippen LogP contribution is 2.20. The van der Waals surface area contributed by atoms with Crippen molar-refractivity contribution in [3.8, 4) is 0 Å². The van der Waals surface area contributed by atoms with Crippen LogP contribution in [-0.2, 0) is 8.85 Å². The van der Waals surface area contributed by atoms with Gasteiger partial charge in [0.25, 0.3) is 0 Å². The van der Waals surface area contributed by atoms with E-state index in [1.807, 2.05) is 0 Å². The fourth-order valence-electron chi connectivity index (χ4n) is 1.77. The predicted molar refractivity (Wildman–Crippen MR) is 80.9 cm³/mol. The van der Waals surface area contributed by atoms with Gasteiger partial charge in [0, 0.05) is 5.73 Å². The Balaban J connectivity index is 4.47. The van der Waals surface area contributed by atoms with Crippen LogP contribution >= 0.6 is 0 Å². The smallest absolute Gasteiger partial charge is 0.213 e. The van der Waals surface area contributed by atoms with Gasteiger partial charge in [-0.05, 0) is 39.5 Å². The average Bonchev–Trinajstić information content (AvgIpc) is 2.12. The van der Waals surface area contributed by atoms with Crippen molar-refractivity contribution in [1.29, 1.82) is 0 Å². The van der Waals surface area contributed by atoms with E-state index in [0.717, 1.165) is 6.42 Å². The van der Waals surface area contributed by atoms with E-state index in [9.17, 15) is 0 Å². The lowest BCUT2D eigenvalue weighted by atomic mass is 10.5. The van der Waals surface area contributed by atoms with Crippen LogP contribution in [0.15, 0.2) is 0 Å². The third-order valence-corrected chi connectivity index (χ3v) is 9.52. The second-order valence-electron chi connectivity index (χ2n) is 5.75. The molecule has 0 aliphatic carbocycles. The minimum absolute atomic E-state index is 0.384. The van der Waals surface area contributed by atoms with Gasteiger partial charge in [-0.3, -0.25) is 0 Å². The fraction of sp³-hybridized carbons (Fsp3) is 1.00. The molecule has 0 fully saturated rings. The first-order valence-electron chi connectivity index (χ1n) is 6.54. The molecule has 2 nitrogen and oxygen atoms in total. The topological polar surface area (TPSA) is 18.5 Å². The number of hydrogen-bond donors (Lipinski definition) is 0. The average molecular weight is 279 g/mol. The molecular formula is C11H30O2Si3. The van der Waals surface area contributed by atoms with Crippen molar-refractivity contribution in [2.75, 3.05) is 0 Å². The van der Waals surface area contributed by atoms with Gasteiger partial charge in [0.15, 0.2) is 9.04 Å². The largest absolute Gasteiger partial charge is 0.418 e. The lowest BCUT2D eigenvalue weighted by molar-refractivity contribution is 0.200. The summed E-state index contributed by atoms with van der Waals surface area (Å²) in [5.74, 6) is 0. The summed E-state index contributed by atoms with van der Waals surface area (Å²) in [5.41, 5.74) is 0.863. The van der Waals surface area contributed by atoms with E-state index in [-0.39, 0.29) is 0 Å². The molecule has 0 aliphatic heterocycles. The van der Waals surface area contributed by atoms with Crippen molar-refractivity contribution in [2.45, 2.75) is 71.0 Å². The SMILES string of the molecule is CCC(O[SiH](C)C)[Si](C)(C)OC(C)[SiH](C)C. The molecule has 2 unspecified atom stereocenters. The van der Waals surface area contributed by atoms with Crippen LogP contribution in [0, 0.1) is 0 Å². The molecule has 0 radical (unpaired) electrons. The summed E-state index contributed by atoms with van der Waals surface area (Å²) >= 11 is 0. The fourth-order valence-corrected chi connectivity index (χ4v) is 8.98. The Hall–Kier alpha value is 0.571. The predicted octanol–water partition coefficient (Wildman–Crippen LogP) is 2.94. The lowest BCUT2D eigenvalue weighted by Gasteiger charge is -2.36. The molecule has 0 aromatic carbocycles. The molecule has 0 amide bonds. The van der Waals surface area contributed by atoms with Crippen LogP contribution in [0.2, 0.25) is 39.3 Å². The highest BCUT2D eigenvalue weighted by Gasteiger charge is 2.35. The normalized spacial score (nSPS) is 16.9. The minimum Gasteiger partial charge on any atom is -0.418 e. The molecular weight excluding hydrogens is 248 g/mol. The Bertz CT molecular complexity index is 196. The molecule has 5 heteroatoms. The Labute approximate surface area is 106 Å². The van der Waals surface area contributed by atoms with Crippen LogP contribution in [0.25, 0.3) is 0 Å². The zero-order valence-corrected chi connectivity index (χ0v) is 15.6. The Morgan fingerprint density at radius 1 is 1.12 bits per heavy atom. The third kappa shape index (κ3) is 5.77. The first-order chi connectivity index (χ1) is 7.20. The Kier molecular flexibility index (Phi) is 7.36. The Morgan fingerprint density at radius 3 is 1.94 bits per heavy atom. The van der Waals surface area contributed by atoms with Crippen LogP contribution in [-0.4, -0.2) is 37.6 Å². The van der Waals surface area contributed by atoms with Gasteiger partial charge < -0.3 is 8.85 Å². The van der Waals surface area contributed by atoms with E-state index in [1.54, 1.807) is 0 Å². The van der Waals surface area contributed by atoms with Crippen LogP contribution in [0.4, 0.5) is 0 Å². The van der Waals surface area contributed by atoms with E-state index in [2.05, 4.69) is 53.1 Å². The van der Waals surface area contributed by atoms with Gasteiger partial charge in [0.1, 0.15) is 0 Å². The van der Waals surface area contributed by atoms with Crippen LogP contribution < -0.4 is 0 Å². The van der Waals surface area contributed by atoms with E-state index in [1.165, 1.54) is 0 Å². The zero-order valence-electron chi connectivity index (χ0n) is 12.3. The molecule has 0 heterocycles. The molecule has 0 spiro atoms. The maximum atomic E-state index is 6.35. The summed E-state index contributed by atoms with van der Waals surface area (Å²) in [7, 11) is -3.31. The van der Waals surface area contributed by atoms with Gasteiger partial charge in [-0.1, -0.05) is 20.0 Å². The number of hydrogen-bond acceptors (Lipinski definition) is 2. The molecule has 16 heavy (non-hydrogen) atoms. The third-order valence-electron chi connectivity index (χ3n) is 3.01. The molecule has 2 atom stereocenters. The molecule has 0 saturated carbocycles. The molecule has 0 N–H and O–H groups in total. The van der Waals surface area contributed by atoms with E-state index in [0.29, 0.717) is 11.5 Å². The van der Waals surface area contributed by atoms with Crippen molar-refractivity contribution in [3.05, 3.63) is 0 Å². The van der Waals surface area contributed by atoms with Crippen LogP contribution in [0.5, 0.6) is 0 Å². The molecule has 0 saturated heterocycles. The van der Waals surface area contributed by atoms with Gasteiger partial charge >= 0.3 is 0 Å². The summed E-state index contributed by atoms with van der Waals surface area (Å²) in [6.45, 7) is 18.3. The molecule has 0 rings (SSSR count). The van der Waals surface area contributed by atoms with Crippen LogP contribution in [0.1, 0.15) is 20.3 Å². The second kappa shape index (κ2) is 7.10. The maximum absolute atomic E-state index is 6.35. The maximum Gasteiger partial charge on any atom is 0.213 e. The van der Waals surface area contributed by atoms with Crippen LogP contribution in [0.3, 0.4) is 0 Å². The second-order valence-corrected chi connectivity index (χ2v) is 15.6. The van der Waals surface area contributed by atoms with Crippen molar-refractivity contribution in [2.24, 2.45) is 0 Å². The lowest BCUT2D eigenvalue weighted by Crippen LogP contribution is -2.51. The molecule has 0 bridgehead atoms. The number of rotatable bonds is 7. The summed E-state index contributed by atoms with van der Waals surface area (Å²) < 4.78 is 12.5.